The minimum absolute atomic E-state index is 0.148. The summed E-state index contributed by atoms with van der Waals surface area (Å²) in [6.07, 6.45) is 6.07. The van der Waals surface area contributed by atoms with Gasteiger partial charge in [-0.25, -0.2) is 4.90 Å². The predicted molar refractivity (Wildman–Crippen MR) is 96.3 cm³/mol. The van der Waals surface area contributed by atoms with Gasteiger partial charge in [0.1, 0.15) is 0 Å². The van der Waals surface area contributed by atoms with Crippen molar-refractivity contribution in [1.82, 2.24) is 4.90 Å². The lowest BCUT2D eigenvalue weighted by atomic mass is 9.93. The number of carbonyl (C=O) groups is 3. The van der Waals surface area contributed by atoms with Crippen LogP contribution in [0.4, 0.5) is 11.4 Å². The summed E-state index contributed by atoms with van der Waals surface area (Å²) in [5.41, 5.74) is 1.20. The van der Waals surface area contributed by atoms with E-state index in [4.69, 9.17) is 0 Å². The summed E-state index contributed by atoms with van der Waals surface area (Å²) < 4.78 is 0. The second-order valence-electron chi connectivity index (χ2n) is 6.97. The van der Waals surface area contributed by atoms with Gasteiger partial charge in [0.15, 0.2) is 0 Å². The van der Waals surface area contributed by atoms with Crippen molar-refractivity contribution in [2.45, 2.75) is 57.5 Å². The Morgan fingerprint density at radius 2 is 1.76 bits per heavy atom. The van der Waals surface area contributed by atoms with E-state index in [0.29, 0.717) is 17.4 Å². The third kappa shape index (κ3) is 3.74. The molecule has 1 atom stereocenters. The maximum Gasteiger partial charge on any atom is 0.251 e. The van der Waals surface area contributed by atoms with Gasteiger partial charge in [0.2, 0.25) is 11.8 Å². The van der Waals surface area contributed by atoms with Crippen LogP contribution in [0.3, 0.4) is 0 Å². The summed E-state index contributed by atoms with van der Waals surface area (Å²) in [6, 6.07) is 6.82. The van der Waals surface area contributed by atoms with Crippen LogP contribution >= 0.6 is 0 Å². The van der Waals surface area contributed by atoms with Crippen LogP contribution in [0.2, 0.25) is 0 Å². The van der Waals surface area contributed by atoms with Crippen molar-refractivity contribution < 1.29 is 14.4 Å². The molecule has 2 fully saturated rings. The van der Waals surface area contributed by atoms with E-state index in [9.17, 15) is 14.4 Å². The van der Waals surface area contributed by atoms with Crippen LogP contribution in [0.5, 0.6) is 0 Å². The van der Waals surface area contributed by atoms with Gasteiger partial charge >= 0.3 is 0 Å². The molecule has 1 unspecified atom stereocenters. The Balaban J connectivity index is 1.73. The number of carbonyl (C=O) groups excluding carboxylic acids is 3. The van der Waals surface area contributed by atoms with E-state index in [1.54, 1.807) is 24.3 Å². The van der Waals surface area contributed by atoms with Crippen molar-refractivity contribution in [3.63, 3.8) is 0 Å². The zero-order valence-corrected chi connectivity index (χ0v) is 14.8. The van der Waals surface area contributed by atoms with Crippen LogP contribution in [-0.2, 0) is 14.4 Å². The quantitative estimate of drug-likeness (QED) is 0.853. The highest BCUT2D eigenvalue weighted by molar-refractivity contribution is 6.22. The van der Waals surface area contributed by atoms with Crippen molar-refractivity contribution in [2.75, 3.05) is 17.3 Å². The molecule has 1 aliphatic carbocycles. The first-order valence-electron chi connectivity index (χ1n) is 8.94. The number of nitrogens with one attached hydrogen (secondary N) is 1. The molecule has 1 aromatic carbocycles. The lowest BCUT2D eigenvalue weighted by Gasteiger charge is -2.34. The van der Waals surface area contributed by atoms with E-state index >= 15 is 0 Å². The molecule has 25 heavy (non-hydrogen) atoms. The standard InChI is InChI=1S/C19H25N3O3/c1-13(23)20-14-8-10-16(11-9-14)22-18(24)12-17(19(22)25)21(2)15-6-4-3-5-7-15/h8-11,15,17H,3-7,12H2,1-2H3,(H,20,23). The third-order valence-corrected chi connectivity index (χ3v) is 5.21. The molecule has 0 bridgehead atoms. The molecule has 1 heterocycles. The van der Waals surface area contributed by atoms with E-state index in [1.807, 2.05) is 7.05 Å². The van der Waals surface area contributed by atoms with Crippen LogP contribution < -0.4 is 10.2 Å². The van der Waals surface area contributed by atoms with Crippen LogP contribution in [0.15, 0.2) is 24.3 Å². The van der Waals surface area contributed by atoms with Gasteiger partial charge in [-0.3, -0.25) is 19.3 Å². The van der Waals surface area contributed by atoms with Gasteiger partial charge in [0.25, 0.3) is 5.91 Å². The summed E-state index contributed by atoms with van der Waals surface area (Å²) in [4.78, 5) is 39.8. The summed E-state index contributed by atoms with van der Waals surface area (Å²) in [5, 5.41) is 2.68. The first kappa shape index (κ1) is 17.6. The maximum absolute atomic E-state index is 12.9. The third-order valence-electron chi connectivity index (χ3n) is 5.21. The number of likely N-dealkylation sites (N-methyl/N-ethyl adjacent to an activating group) is 1. The highest BCUT2D eigenvalue weighted by atomic mass is 16.2. The Morgan fingerprint density at radius 3 is 2.36 bits per heavy atom. The van der Waals surface area contributed by atoms with Crippen molar-refractivity contribution in [3.8, 4) is 0 Å². The van der Waals surface area contributed by atoms with Crippen molar-refractivity contribution in [2.24, 2.45) is 0 Å². The molecule has 6 heteroatoms. The normalized spacial score (nSPS) is 21.9. The van der Waals surface area contributed by atoms with E-state index in [-0.39, 0.29) is 30.2 Å². The highest BCUT2D eigenvalue weighted by Gasteiger charge is 2.43. The second kappa shape index (κ2) is 7.35. The number of imide groups is 1. The fourth-order valence-corrected chi connectivity index (χ4v) is 3.85. The predicted octanol–water partition coefficient (Wildman–Crippen LogP) is 2.54. The molecule has 3 amide bonds. The van der Waals surface area contributed by atoms with Gasteiger partial charge in [-0.05, 0) is 44.2 Å². The number of nitrogens with zero attached hydrogens (tertiary/aromatic N) is 2. The van der Waals surface area contributed by atoms with E-state index in [2.05, 4.69) is 10.2 Å². The highest BCUT2D eigenvalue weighted by Crippen LogP contribution is 2.30. The first-order valence-corrected chi connectivity index (χ1v) is 8.94. The molecule has 0 spiro atoms. The topological polar surface area (TPSA) is 69.7 Å². The summed E-state index contributed by atoms with van der Waals surface area (Å²) in [5.74, 6) is -0.467. The Bertz CT molecular complexity index is 665. The second-order valence-corrected chi connectivity index (χ2v) is 6.97. The van der Waals surface area contributed by atoms with Crippen LogP contribution in [-0.4, -0.2) is 41.8 Å². The molecule has 1 aliphatic heterocycles. The van der Waals surface area contributed by atoms with Gasteiger partial charge in [0.05, 0.1) is 18.2 Å². The molecule has 3 rings (SSSR count). The molecule has 0 radical (unpaired) electrons. The summed E-state index contributed by atoms with van der Waals surface area (Å²) in [7, 11) is 1.97. The van der Waals surface area contributed by atoms with Gasteiger partial charge in [-0.1, -0.05) is 19.3 Å². The van der Waals surface area contributed by atoms with Gasteiger partial charge in [0, 0.05) is 18.7 Å². The molecular formula is C19H25N3O3. The van der Waals surface area contributed by atoms with E-state index < -0.39 is 0 Å². The molecule has 1 saturated heterocycles. The van der Waals surface area contributed by atoms with Crippen LogP contribution in [0, 0.1) is 0 Å². The zero-order chi connectivity index (χ0) is 18.0. The van der Waals surface area contributed by atoms with Crippen molar-refractivity contribution in [1.29, 1.82) is 0 Å². The van der Waals surface area contributed by atoms with Crippen LogP contribution in [0.25, 0.3) is 0 Å². The minimum Gasteiger partial charge on any atom is -0.326 e. The molecule has 1 saturated carbocycles. The van der Waals surface area contributed by atoms with Gasteiger partial charge < -0.3 is 5.32 Å². The number of anilines is 2. The number of rotatable bonds is 4. The molecule has 6 nitrogen and oxygen atoms in total. The smallest absolute Gasteiger partial charge is 0.251 e. The van der Waals surface area contributed by atoms with Crippen molar-refractivity contribution in [3.05, 3.63) is 24.3 Å². The number of hydrogen-bond donors (Lipinski definition) is 1. The monoisotopic (exact) mass is 343 g/mol. The number of benzene rings is 1. The summed E-state index contributed by atoms with van der Waals surface area (Å²) in [6.45, 7) is 1.44. The minimum atomic E-state index is -0.370. The fraction of sp³-hybridized carbons (Fsp3) is 0.526. The zero-order valence-electron chi connectivity index (χ0n) is 14.8. The Morgan fingerprint density at radius 1 is 1.12 bits per heavy atom. The Hall–Kier alpha value is -2.21. The van der Waals surface area contributed by atoms with Crippen LogP contribution in [0.1, 0.15) is 45.4 Å². The fourth-order valence-electron chi connectivity index (χ4n) is 3.85. The average Bonchev–Trinajstić information content (AvgIpc) is 2.90. The number of hydrogen-bond acceptors (Lipinski definition) is 4. The van der Waals surface area contributed by atoms with Gasteiger partial charge in [-0.15, -0.1) is 0 Å². The molecule has 134 valence electrons. The maximum atomic E-state index is 12.9. The van der Waals surface area contributed by atoms with E-state index in [1.165, 1.54) is 31.1 Å². The first-order chi connectivity index (χ1) is 12.0. The summed E-state index contributed by atoms with van der Waals surface area (Å²) >= 11 is 0. The lowest BCUT2D eigenvalue weighted by molar-refractivity contribution is -0.123. The molecule has 1 aromatic rings. The Labute approximate surface area is 148 Å². The Kier molecular flexibility index (Phi) is 5.18. The largest absolute Gasteiger partial charge is 0.326 e. The average molecular weight is 343 g/mol. The molecular weight excluding hydrogens is 318 g/mol. The van der Waals surface area contributed by atoms with E-state index in [0.717, 1.165) is 12.8 Å². The van der Waals surface area contributed by atoms with Crippen molar-refractivity contribution >= 4 is 29.1 Å². The van der Waals surface area contributed by atoms with Gasteiger partial charge in [-0.2, -0.15) is 0 Å². The number of amides is 3. The molecule has 1 N–H and O–H groups in total. The molecule has 0 aromatic heterocycles. The SMILES string of the molecule is CC(=O)Nc1ccc(N2C(=O)CC(N(C)C3CCCCC3)C2=O)cc1. The molecule has 2 aliphatic rings. The lowest BCUT2D eigenvalue weighted by Crippen LogP contribution is -2.45.